The molecule has 0 saturated heterocycles. The Morgan fingerprint density at radius 3 is 2.59 bits per heavy atom. The number of hydrogen-bond donors (Lipinski definition) is 3. The zero-order valence-corrected chi connectivity index (χ0v) is 10.3. The molecule has 0 radical (unpaired) electrons. The highest BCUT2D eigenvalue weighted by atomic mass is 16.3. The summed E-state index contributed by atoms with van der Waals surface area (Å²) in [4.78, 5) is 14.9. The molecule has 0 aliphatic heterocycles. The molecule has 0 aromatic carbocycles. The average molecular weight is 238 g/mol. The zero-order chi connectivity index (χ0) is 13.1. The van der Waals surface area contributed by atoms with Gasteiger partial charge in [-0.05, 0) is 26.8 Å². The summed E-state index contributed by atoms with van der Waals surface area (Å²) >= 11 is 0. The Morgan fingerprint density at radius 1 is 1.47 bits per heavy atom. The van der Waals surface area contributed by atoms with Crippen molar-refractivity contribution in [1.82, 2.24) is 5.32 Å². The van der Waals surface area contributed by atoms with E-state index in [1.54, 1.807) is 6.07 Å². The summed E-state index contributed by atoms with van der Waals surface area (Å²) in [6.07, 6.45) is 1.31. The van der Waals surface area contributed by atoms with Gasteiger partial charge in [0, 0.05) is 5.54 Å². The highest BCUT2D eigenvalue weighted by Crippen LogP contribution is 2.08. The second-order valence-electron chi connectivity index (χ2n) is 4.74. The van der Waals surface area contributed by atoms with Crippen LogP contribution in [-0.2, 0) is 6.54 Å². The summed E-state index contributed by atoms with van der Waals surface area (Å²) in [6, 6.07) is 1.55. The highest BCUT2D eigenvalue weighted by Gasteiger charge is 2.10. The summed E-state index contributed by atoms with van der Waals surface area (Å²) < 4.78 is 5.12. The molecule has 6 nitrogen and oxygen atoms in total. The van der Waals surface area contributed by atoms with E-state index < -0.39 is 5.91 Å². The first-order valence-corrected chi connectivity index (χ1v) is 5.23. The normalized spacial score (nSPS) is 12.5. The lowest BCUT2D eigenvalue weighted by Gasteiger charge is -2.20. The Hall–Kier alpha value is -1.98. The van der Waals surface area contributed by atoms with Crippen LogP contribution >= 0.6 is 0 Å². The van der Waals surface area contributed by atoms with Crippen LogP contribution in [0.5, 0.6) is 0 Å². The number of aliphatic imine (C=N–C) groups is 1. The van der Waals surface area contributed by atoms with Gasteiger partial charge < -0.3 is 21.2 Å². The average Bonchev–Trinajstić information content (AvgIpc) is 2.60. The van der Waals surface area contributed by atoms with Gasteiger partial charge in [0.05, 0.1) is 5.56 Å². The van der Waals surface area contributed by atoms with E-state index in [1.807, 2.05) is 20.8 Å². The molecule has 0 unspecified atom stereocenters. The van der Waals surface area contributed by atoms with Gasteiger partial charge in [-0.15, -0.1) is 0 Å². The second-order valence-corrected chi connectivity index (χ2v) is 4.74. The van der Waals surface area contributed by atoms with E-state index in [1.165, 1.54) is 6.26 Å². The molecule has 1 aromatic rings. The van der Waals surface area contributed by atoms with Gasteiger partial charge in [0.15, 0.2) is 5.96 Å². The maximum atomic E-state index is 10.8. The molecule has 1 aromatic heterocycles. The third kappa shape index (κ3) is 4.58. The van der Waals surface area contributed by atoms with Gasteiger partial charge in [-0.3, -0.25) is 4.79 Å². The predicted molar refractivity (Wildman–Crippen MR) is 65.4 cm³/mol. The molecular weight excluding hydrogens is 220 g/mol. The van der Waals surface area contributed by atoms with Crippen LogP contribution in [0, 0.1) is 0 Å². The number of hydrogen-bond acceptors (Lipinski definition) is 3. The van der Waals surface area contributed by atoms with Gasteiger partial charge >= 0.3 is 0 Å². The van der Waals surface area contributed by atoms with E-state index in [0.717, 1.165) is 0 Å². The van der Waals surface area contributed by atoms with Crippen LogP contribution in [0.2, 0.25) is 0 Å². The highest BCUT2D eigenvalue weighted by molar-refractivity contribution is 5.92. The molecule has 0 bridgehead atoms. The van der Waals surface area contributed by atoms with Crippen molar-refractivity contribution in [3.05, 3.63) is 23.7 Å². The number of carbonyl (C=O) groups is 1. The molecule has 0 atom stereocenters. The SMILES string of the molecule is CC(C)(C)NC(N)=NCc1cc(C(N)=O)co1. The van der Waals surface area contributed by atoms with Crippen LogP contribution in [0.15, 0.2) is 21.7 Å². The lowest BCUT2D eigenvalue weighted by molar-refractivity contribution is 0.0999. The number of nitrogens with one attached hydrogen (secondary N) is 1. The lowest BCUT2D eigenvalue weighted by atomic mass is 10.1. The van der Waals surface area contributed by atoms with Crippen molar-refractivity contribution in [2.45, 2.75) is 32.9 Å². The van der Waals surface area contributed by atoms with E-state index in [-0.39, 0.29) is 12.1 Å². The molecular formula is C11H18N4O2. The van der Waals surface area contributed by atoms with Crippen molar-refractivity contribution in [3.8, 4) is 0 Å². The second kappa shape index (κ2) is 4.90. The van der Waals surface area contributed by atoms with E-state index in [9.17, 15) is 4.79 Å². The van der Waals surface area contributed by atoms with Crippen molar-refractivity contribution < 1.29 is 9.21 Å². The molecule has 0 fully saturated rings. The Labute approximate surface area is 100 Å². The van der Waals surface area contributed by atoms with E-state index in [0.29, 0.717) is 17.3 Å². The van der Waals surface area contributed by atoms with E-state index in [4.69, 9.17) is 15.9 Å². The first kappa shape index (κ1) is 13.1. The van der Waals surface area contributed by atoms with Crippen LogP contribution in [0.4, 0.5) is 0 Å². The van der Waals surface area contributed by atoms with Crippen molar-refractivity contribution in [3.63, 3.8) is 0 Å². The van der Waals surface area contributed by atoms with E-state index >= 15 is 0 Å². The Kier molecular flexibility index (Phi) is 3.77. The van der Waals surface area contributed by atoms with Crippen LogP contribution in [0.25, 0.3) is 0 Å². The third-order valence-corrected chi connectivity index (χ3v) is 1.85. The summed E-state index contributed by atoms with van der Waals surface area (Å²) in [5.41, 5.74) is 11.0. The first-order valence-electron chi connectivity index (χ1n) is 5.23. The number of primary amides is 1. The maximum absolute atomic E-state index is 10.8. The quantitative estimate of drug-likeness (QED) is 0.529. The lowest BCUT2D eigenvalue weighted by Crippen LogP contribution is -2.44. The Morgan fingerprint density at radius 2 is 2.12 bits per heavy atom. The summed E-state index contributed by atoms with van der Waals surface area (Å²) in [6.45, 7) is 6.20. The Bertz CT molecular complexity index is 429. The fourth-order valence-corrected chi connectivity index (χ4v) is 1.18. The van der Waals surface area contributed by atoms with Crippen LogP contribution < -0.4 is 16.8 Å². The summed E-state index contributed by atoms with van der Waals surface area (Å²) in [5.74, 6) is 0.344. The molecule has 0 aliphatic rings. The van der Waals surface area contributed by atoms with Gasteiger partial charge in [0.25, 0.3) is 5.91 Å². The first-order chi connectivity index (χ1) is 7.78. The van der Waals surface area contributed by atoms with Crippen molar-refractivity contribution in [2.75, 3.05) is 0 Å². The molecule has 17 heavy (non-hydrogen) atoms. The van der Waals surface area contributed by atoms with Crippen molar-refractivity contribution >= 4 is 11.9 Å². The van der Waals surface area contributed by atoms with Crippen LogP contribution in [0.1, 0.15) is 36.9 Å². The van der Waals surface area contributed by atoms with Gasteiger partial charge in [0.1, 0.15) is 18.6 Å². The smallest absolute Gasteiger partial charge is 0.251 e. The minimum Gasteiger partial charge on any atom is -0.467 e. The minimum absolute atomic E-state index is 0.144. The van der Waals surface area contributed by atoms with Gasteiger partial charge in [-0.25, -0.2) is 4.99 Å². The largest absolute Gasteiger partial charge is 0.467 e. The zero-order valence-electron chi connectivity index (χ0n) is 10.3. The van der Waals surface area contributed by atoms with Crippen LogP contribution in [0.3, 0.4) is 0 Å². The topological polar surface area (TPSA) is 107 Å². The standard InChI is InChI=1S/C11H18N4O2/c1-11(2,3)15-10(13)14-5-8-4-7(6-17-8)9(12)16/h4,6H,5H2,1-3H3,(H2,12,16)(H3,13,14,15). The minimum atomic E-state index is -0.523. The maximum Gasteiger partial charge on any atom is 0.251 e. The molecule has 1 heterocycles. The molecule has 1 amide bonds. The molecule has 0 aliphatic carbocycles. The molecule has 6 heteroatoms. The number of carbonyl (C=O) groups excluding carboxylic acids is 1. The molecule has 94 valence electrons. The number of nitrogens with zero attached hydrogens (tertiary/aromatic N) is 1. The molecule has 5 N–H and O–H groups in total. The summed E-state index contributed by atoms with van der Waals surface area (Å²) in [7, 11) is 0. The van der Waals surface area contributed by atoms with Crippen molar-refractivity contribution in [2.24, 2.45) is 16.5 Å². The number of guanidine groups is 1. The van der Waals surface area contributed by atoms with Gasteiger partial charge in [-0.1, -0.05) is 0 Å². The fourth-order valence-electron chi connectivity index (χ4n) is 1.18. The molecule has 0 spiro atoms. The van der Waals surface area contributed by atoms with E-state index in [2.05, 4.69) is 10.3 Å². The number of nitrogens with two attached hydrogens (primary N) is 2. The number of furan rings is 1. The number of rotatable bonds is 3. The van der Waals surface area contributed by atoms with Gasteiger partial charge in [0.2, 0.25) is 0 Å². The molecule has 1 rings (SSSR count). The monoisotopic (exact) mass is 238 g/mol. The predicted octanol–water partition coefficient (Wildman–Crippen LogP) is 0.581. The fraction of sp³-hybridized carbons (Fsp3) is 0.455. The summed E-state index contributed by atoms with van der Waals surface area (Å²) in [5, 5.41) is 3.01. The number of amides is 1. The van der Waals surface area contributed by atoms with Gasteiger partial charge in [-0.2, -0.15) is 0 Å². The molecule has 0 saturated carbocycles. The Balaban J connectivity index is 2.60. The van der Waals surface area contributed by atoms with Crippen LogP contribution in [-0.4, -0.2) is 17.4 Å². The third-order valence-electron chi connectivity index (χ3n) is 1.85. The van der Waals surface area contributed by atoms with Crippen molar-refractivity contribution in [1.29, 1.82) is 0 Å².